The molecule has 3 aromatic rings. The highest BCUT2D eigenvalue weighted by Gasteiger charge is 2.19. The van der Waals surface area contributed by atoms with Crippen LogP contribution in [0.3, 0.4) is 0 Å². The zero-order valence-electron chi connectivity index (χ0n) is 16.7. The van der Waals surface area contributed by atoms with Crippen LogP contribution in [0.5, 0.6) is 0 Å². The SMILES string of the molecule is Cc1ccc(-n2nnnc2SCC(=O)N(Cc2ccccc2)C(C)C)cc1C. The molecule has 0 saturated heterocycles. The molecular formula is C21H25N5OS. The van der Waals surface area contributed by atoms with Crippen LogP contribution in [-0.4, -0.2) is 42.8 Å². The van der Waals surface area contributed by atoms with E-state index in [2.05, 4.69) is 29.4 Å². The summed E-state index contributed by atoms with van der Waals surface area (Å²) in [5.74, 6) is 0.356. The first-order valence-corrected chi connectivity index (χ1v) is 10.3. The van der Waals surface area contributed by atoms with Gasteiger partial charge in [-0.15, -0.1) is 5.10 Å². The Labute approximate surface area is 169 Å². The minimum Gasteiger partial charge on any atom is -0.335 e. The van der Waals surface area contributed by atoms with Crippen LogP contribution in [0.15, 0.2) is 53.7 Å². The van der Waals surface area contributed by atoms with Gasteiger partial charge in [-0.05, 0) is 66.9 Å². The summed E-state index contributed by atoms with van der Waals surface area (Å²) in [6, 6.07) is 16.2. The summed E-state index contributed by atoms with van der Waals surface area (Å²) in [5, 5.41) is 12.6. The summed E-state index contributed by atoms with van der Waals surface area (Å²) in [7, 11) is 0. The summed E-state index contributed by atoms with van der Waals surface area (Å²) in [4.78, 5) is 14.7. The largest absolute Gasteiger partial charge is 0.335 e. The number of tetrazole rings is 1. The van der Waals surface area contributed by atoms with Crippen LogP contribution in [0.25, 0.3) is 5.69 Å². The van der Waals surface area contributed by atoms with Gasteiger partial charge in [0.2, 0.25) is 11.1 Å². The smallest absolute Gasteiger partial charge is 0.233 e. The molecule has 0 spiro atoms. The summed E-state index contributed by atoms with van der Waals surface area (Å²) >= 11 is 1.36. The Bertz CT molecular complexity index is 939. The van der Waals surface area contributed by atoms with Crippen LogP contribution >= 0.6 is 11.8 Å². The van der Waals surface area contributed by atoms with Crippen LogP contribution < -0.4 is 0 Å². The molecule has 6 nitrogen and oxygen atoms in total. The van der Waals surface area contributed by atoms with Crippen LogP contribution in [0.1, 0.15) is 30.5 Å². The number of benzene rings is 2. The van der Waals surface area contributed by atoms with Crippen molar-refractivity contribution in [2.24, 2.45) is 0 Å². The average molecular weight is 396 g/mol. The van der Waals surface area contributed by atoms with Gasteiger partial charge in [0.25, 0.3) is 0 Å². The van der Waals surface area contributed by atoms with Gasteiger partial charge in [0, 0.05) is 12.6 Å². The molecule has 1 amide bonds. The normalized spacial score (nSPS) is 11.0. The maximum atomic E-state index is 12.9. The standard InChI is InChI=1S/C21H25N5OS/c1-15(2)25(13-18-8-6-5-7-9-18)20(27)14-28-21-22-23-24-26(21)19-11-10-16(3)17(4)12-19/h5-12,15H,13-14H2,1-4H3. The Balaban J connectivity index is 1.70. The second-order valence-corrected chi connectivity index (χ2v) is 7.97. The van der Waals surface area contributed by atoms with Crippen molar-refractivity contribution in [1.29, 1.82) is 0 Å². The van der Waals surface area contributed by atoms with Gasteiger partial charge >= 0.3 is 0 Å². The molecule has 0 bridgehead atoms. The van der Waals surface area contributed by atoms with E-state index in [0.29, 0.717) is 11.7 Å². The van der Waals surface area contributed by atoms with Crippen LogP contribution in [0.4, 0.5) is 0 Å². The molecule has 3 rings (SSSR count). The molecule has 0 atom stereocenters. The van der Waals surface area contributed by atoms with Crippen molar-refractivity contribution in [3.63, 3.8) is 0 Å². The minimum atomic E-state index is 0.0680. The number of hydrogen-bond donors (Lipinski definition) is 0. The Morgan fingerprint density at radius 1 is 1.11 bits per heavy atom. The van der Waals surface area contributed by atoms with Crippen molar-refractivity contribution in [3.8, 4) is 5.69 Å². The molecule has 0 unspecified atom stereocenters. The Hall–Kier alpha value is -2.67. The number of thioether (sulfide) groups is 1. The fourth-order valence-corrected chi connectivity index (χ4v) is 3.61. The van der Waals surface area contributed by atoms with Crippen LogP contribution in [0, 0.1) is 13.8 Å². The van der Waals surface area contributed by atoms with E-state index in [4.69, 9.17) is 0 Å². The number of hydrogen-bond acceptors (Lipinski definition) is 5. The zero-order chi connectivity index (χ0) is 20.1. The fourth-order valence-electron chi connectivity index (χ4n) is 2.84. The molecule has 0 N–H and O–H groups in total. The van der Waals surface area contributed by atoms with Crippen molar-refractivity contribution in [2.75, 3.05) is 5.75 Å². The van der Waals surface area contributed by atoms with E-state index in [1.807, 2.05) is 67.3 Å². The van der Waals surface area contributed by atoms with E-state index in [0.717, 1.165) is 11.3 Å². The van der Waals surface area contributed by atoms with E-state index in [1.54, 1.807) is 4.68 Å². The van der Waals surface area contributed by atoms with Crippen LogP contribution in [-0.2, 0) is 11.3 Å². The molecule has 0 fully saturated rings. The number of amides is 1. The Morgan fingerprint density at radius 2 is 1.86 bits per heavy atom. The molecular weight excluding hydrogens is 370 g/mol. The predicted octanol–water partition coefficient (Wildman–Crippen LogP) is 3.81. The number of aromatic nitrogens is 4. The lowest BCUT2D eigenvalue weighted by molar-refractivity contribution is -0.130. The lowest BCUT2D eigenvalue weighted by Crippen LogP contribution is -2.37. The molecule has 0 saturated carbocycles. The first kappa shape index (κ1) is 20.1. The van der Waals surface area contributed by atoms with Gasteiger partial charge < -0.3 is 4.90 Å². The van der Waals surface area contributed by atoms with Gasteiger partial charge in [-0.25, -0.2) is 0 Å². The van der Waals surface area contributed by atoms with E-state index in [-0.39, 0.29) is 17.7 Å². The average Bonchev–Trinajstić information content (AvgIpc) is 3.15. The molecule has 28 heavy (non-hydrogen) atoms. The number of carbonyl (C=O) groups is 1. The molecule has 146 valence electrons. The Kier molecular flexibility index (Phi) is 6.46. The zero-order valence-corrected chi connectivity index (χ0v) is 17.5. The van der Waals surface area contributed by atoms with E-state index in [1.165, 1.54) is 22.9 Å². The summed E-state index contributed by atoms with van der Waals surface area (Å²) in [6.07, 6.45) is 0. The molecule has 0 aliphatic heterocycles. The van der Waals surface area contributed by atoms with Gasteiger partial charge in [0.15, 0.2) is 0 Å². The highest BCUT2D eigenvalue weighted by atomic mass is 32.2. The highest BCUT2D eigenvalue weighted by Crippen LogP contribution is 2.21. The van der Waals surface area contributed by atoms with Crippen molar-refractivity contribution < 1.29 is 4.79 Å². The quantitative estimate of drug-likeness (QED) is 0.569. The molecule has 1 heterocycles. The van der Waals surface area contributed by atoms with Gasteiger partial charge in [-0.1, -0.05) is 48.2 Å². The third kappa shape index (κ3) is 4.78. The molecule has 2 aromatic carbocycles. The Morgan fingerprint density at radius 3 is 2.54 bits per heavy atom. The van der Waals surface area contributed by atoms with Gasteiger partial charge in [0.1, 0.15) is 0 Å². The van der Waals surface area contributed by atoms with Crippen LogP contribution in [0.2, 0.25) is 0 Å². The van der Waals surface area contributed by atoms with E-state index < -0.39 is 0 Å². The van der Waals surface area contributed by atoms with Crippen molar-refractivity contribution in [1.82, 2.24) is 25.1 Å². The highest BCUT2D eigenvalue weighted by molar-refractivity contribution is 7.99. The maximum Gasteiger partial charge on any atom is 0.233 e. The van der Waals surface area contributed by atoms with Crippen molar-refractivity contribution >= 4 is 17.7 Å². The van der Waals surface area contributed by atoms with Crippen molar-refractivity contribution in [2.45, 2.75) is 45.4 Å². The summed E-state index contributed by atoms with van der Waals surface area (Å²) in [6.45, 7) is 8.79. The number of aryl methyl sites for hydroxylation is 2. The molecule has 0 radical (unpaired) electrons. The lowest BCUT2D eigenvalue weighted by Gasteiger charge is -2.26. The second-order valence-electron chi connectivity index (χ2n) is 7.03. The number of rotatable bonds is 7. The van der Waals surface area contributed by atoms with Gasteiger partial charge in [-0.3, -0.25) is 4.79 Å². The van der Waals surface area contributed by atoms with E-state index >= 15 is 0 Å². The van der Waals surface area contributed by atoms with E-state index in [9.17, 15) is 4.79 Å². The van der Waals surface area contributed by atoms with Crippen molar-refractivity contribution in [3.05, 3.63) is 65.2 Å². The molecule has 0 aliphatic carbocycles. The first-order valence-electron chi connectivity index (χ1n) is 9.28. The second kappa shape index (κ2) is 9.01. The predicted molar refractivity (Wildman–Crippen MR) is 111 cm³/mol. The monoisotopic (exact) mass is 395 g/mol. The maximum absolute atomic E-state index is 12.9. The number of carbonyl (C=O) groups excluding carboxylic acids is 1. The molecule has 0 aliphatic rings. The molecule has 1 aromatic heterocycles. The lowest BCUT2D eigenvalue weighted by atomic mass is 10.1. The number of nitrogens with zero attached hydrogens (tertiary/aromatic N) is 5. The van der Waals surface area contributed by atoms with Gasteiger partial charge in [0.05, 0.1) is 11.4 Å². The third-order valence-corrected chi connectivity index (χ3v) is 5.54. The molecule has 7 heteroatoms. The first-order chi connectivity index (χ1) is 13.5. The summed E-state index contributed by atoms with van der Waals surface area (Å²) < 4.78 is 1.68. The topological polar surface area (TPSA) is 63.9 Å². The third-order valence-electron chi connectivity index (χ3n) is 4.64. The summed E-state index contributed by atoms with van der Waals surface area (Å²) in [5.41, 5.74) is 4.41. The minimum absolute atomic E-state index is 0.0680. The van der Waals surface area contributed by atoms with Gasteiger partial charge in [-0.2, -0.15) is 4.68 Å². The fraction of sp³-hybridized carbons (Fsp3) is 0.333.